The molecule has 0 atom stereocenters. The lowest BCUT2D eigenvalue weighted by Gasteiger charge is -2.06. The molecule has 0 saturated heterocycles. The number of aryl methyl sites for hydroxylation is 2. The minimum absolute atomic E-state index is 0.00656. The molecular weight excluding hydrogens is 401 g/mol. The number of halogens is 2. The number of allylic oxidation sites excluding steroid dienone is 1. The first-order chi connectivity index (χ1) is 11.7. The van der Waals surface area contributed by atoms with Crippen LogP contribution >= 0.6 is 34.5 Å². The summed E-state index contributed by atoms with van der Waals surface area (Å²) in [7, 11) is -4.11. The monoisotopic (exact) mass is 411 g/mol. The molecule has 128 valence electrons. The van der Waals surface area contributed by atoms with Crippen molar-refractivity contribution in [1.29, 1.82) is 5.26 Å². The Labute approximate surface area is 158 Å². The van der Waals surface area contributed by atoms with Crippen LogP contribution < -0.4 is 0 Å². The molecule has 3 rings (SSSR count). The Kier molecular flexibility index (Phi) is 4.64. The molecule has 0 amide bonds. The molecule has 0 N–H and O–H groups in total. The lowest BCUT2D eigenvalue weighted by atomic mass is 10.3. The third-order valence-corrected chi connectivity index (χ3v) is 6.79. The summed E-state index contributed by atoms with van der Waals surface area (Å²) in [5.41, 5.74) is 1.17. The third-order valence-electron chi connectivity index (χ3n) is 3.51. The Hall–Kier alpha value is -1.85. The summed E-state index contributed by atoms with van der Waals surface area (Å²) < 4.78 is 27.5. The van der Waals surface area contributed by atoms with E-state index < -0.39 is 14.7 Å². The number of hydrogen-bond acceptors (Lipinski definition) is 5. The lowest BCUT2D eigenvalue weighted by molar-refractivity contribution is 0.603. The van der Waals surface area contributed by atoms with Gasteiger partial charge in [-0.1, -0.05) is 23.2 Å². The molecule has 2 heterocycles. The molecule has 3 aromatic rings. The number of aromatic nitrogens is 2. The van der Waals surface area contributed by atoms with Crippen LogP contribution in [-0.2, 0) is 9.84 Å². The van der Waals surface area contributed by atoms with Crippen molar-refractivity contribution >= 4 is 55.4 Å². The summed E-state index contributed by atoms with van der Waals surface area (Å²) in [5.74, 6) is 0. The summed E-state index contributed by atoms with van der Waals surface area (Å²) in [6.45, 7) is 3.69. The summed E-state index contributed by atoms with van der Waals surface area (Å²) in [6.07, 6.45) is 3.16. The van der Waals surface area contributed by atoms with E-state index in [1.165, 1.54) is 35.6 Å². The second-order valence-corrected chi connectivity index (χ2v) is 9.22. The molecule has 0 fully saturated rings. The third kappa shape index (κ3) is 3.18. The van der Waals surface area contributed by atoms with Crippen molar-refractivity contribution in [2.45, 2.75) is 18.7 Å². The molecule has 0 aliphatic heterocycles. The van der Waals surface area contributed by atoms with Crippen LogP contribution in [0.15, 0.2) is 34.2 Å². The highest BCUT2D eigenvalue weighted by molar-refractivity contribution is 7.95. The van der Waals surface area contributed by atoms with Gasteiger partial charge in [0, 0.05) is 16.1 Å². The van der Waals surface area contributed by atoms with Crippen molar-refractivity contribution in [3.8, 4) is 6.07 Å². The van der Waals surface area contributed by atoms with Crippen LogP contribution in [0.3, 0.4) is 0 Å². The number of rotatable bonds is 3. The quantitative estimate of drug-likeness (QED) is 0.587. The van der Waals surface area contributed by atoms with Gasteiger partial charge < -0.3 is 0 Å². The first-order valence-electron chi connectivity index (χ1n) is 7.01. The molecular formula is C16H11Cl2N3O2S2. The van der Waals surface area contributed by atoms with E-state index in [4.69, 9.17) is 23.2 Å². The van der Waals surface area contributed by atoms with Crippen LogP contribution in [0.1, 0.15) is 16.3 Å². The number of nitriles is 1. The van der Waals surface area contributed by atoms with Gasteiger partial charge in [-0.25, -0.2) is 13.4 Å². The number of thiazole rings is 1. The summed E-state index contributed by atoms with van der Waals surface area (Å²) in [6, 6.07) is 5.86. The Morgan fingerprint density at radius 3 is 2.76 bits per heavy atom. The van der Waals surface area contributed by atoms with Gasteiger partial charge in [0.2, 0.25) is 9.84 Å². The minimum atomic E-state index is -4.11. The van der Waals surface area contributed by atoms with Crippen molar-refractivity contribution in [2.24, 2.45) is 0 Å². The predicted molar refractivity (Wildman–Crippen MR) is 99.8 cm³/mol. The van der Waals surface area contributed by atoms with Gasteiger partial charge >= 0.3 is 0 Å². The van der Waals surface area contributed by atoms with Crippen molar-refractivity contribution in [2.75, 3.05) is 0 Å². The van der Waals surface area contributed by atoms with Gasteiger partial charge in [-0.05, 0) is 38.1 Å². The van der Waals surface area contributed by atoms with Crippen LogP contribution in [0.25, 0.3) is 11.0 Å². The smallest absolute Gasteiger partial charge is 0.218 e. The molecule has 9 heteroatoms. The molecule has 25 heavy (non-hydrogen) atoms. The van der Waals surface area contributed by atoms with Gasteiger partial charge in [0.15, 0.2) is 9.87 Å². The zero-order valence-electron chi connectivity index (χ0n) is 13.1. The zero-order valence-corrected chi connectivity index (χ0v) is 16.3. The molecule has 0 saturated carbocycles. The van der Waals surface area contributed by atoms with E-state index in [-0.39, 0.29) is 14.9 Å². The van der Waals surface area contributed by atoms with Gasteiger partial charge in [0.05, 0.1) is 21.3 Å². The summed E-state index contributed by atoms with van der Waals surface area (Å²) >= 11 is 13.4. The van der Waals surface area contributed by atoms with Crippen molar-refractivity contribution in [3.63, 3.8) is 0 Å². The maximum absolute atomic E-state index is 12.9. The molecule has 2 aromatic heterocycles. The van der Waals surface area contributed by atoms with Crippen LogP contribution in [0, 0.1) is 25.2 Å². The maximum atomic E-state index is 12.9. The molecule has 5 nitrogen and oxygen atoms in total. The van der Waals surface area contributed by atoms with Gasteiger partial charge in [0.1, 0.15) is 6.07 Å². The van der Waals surface area contributed by atoms with E-state index in [2.05, 4.69) is 4.98 Å². The number of hydrogen-bond donors (Lipinski definition) is 0. The van der Waals surface area contributed by atoms with Crippen LogP contribution in [0.4, 0.5) is 0 Å². The van der Waals surface area contributed by atoms with Gasteiger partial charge in [-0.2, -0.15) is 5.26 Å². The molecule has 0 aliphatic rings. The molecule has 0 aliphatic carbocycles. The second-order valence-electron chi connectivity index (χ2n) is 5.28. The minimum Gasteiger partial charge on any atom is -0.290 e. The summed E-state index contributed by atoms with van der Waals surface area (Å²) in [4.78, 5) is 5.53. The molecule has 0 radical (unpaired) electrons. The highest BCUT2D eigenvalue weighted by Gasteiger charge is 2.25. The number of imidazole rings is 1. The van der Waals surface area contributed by atoms with Crippen molar-refractivity contribution < 1.29 is 8.42 Å². The first-order valence-corrected chi connectivity index (χ1v) is 10.1. The molecule has 0 unspecified atom stereocenters. The predicted octanol–water partition coefficient (Wildman–Crippen LogP) is 4.66. The number of sulfone groups is 1. The van der Waals surface area contributed by atoms with Crippen LogP contribution in [-0.4, -0.2) is 17.8 Å². The Bertz CT molecular complexity index is 1170. The maximum Gasteiger partial charge on any atom is 0.218 e. The fourth-order valence-electron chi connectivity index (χ4n) is 2.35. The van der Waals surface area contributed by atoms with Crippen LogP contribution in [0.5, 0.6) is 0 Å². The molecule has 0 bridgehead atoms. The topological polar surface area (TPSA) is 75.2 Å². The van der Waals surface area contributed by atoms with E-state index >= 15 is 0 Å². The van der Waals surface area contributed by atoms with Gasteiger partial charge in [-0.15, -0.1) is 11.3 Å². The van der Waals surface area contributed by atoms with E-state index in [1.54, 1.807) is 17.4 Å². The largest absolute Gasteiger partial charge is 0.290 e. The normalized spacial score (nSPS) is 12.5. The highest BCUT2D eigenvalue weighted by Crippen LogP contribution is 2.31. The number of benzene rings is 1. The van der Waals surface area contributed by atoms with Crippen molar-refractivity contribution in [1.82, 2.24) is 9.38 Å². The fraction of sp³-hybridized carbons (Fsp3) is 0.125. The molecule has 1 aromatic carbocycles. The lowest BCUT2D eigenvalue weighted by Crippen LogP contribution is -2.05. The summed E-state index contributed by atoms with van der Waals surface area (Å²) in [5, 5.41) is 9.68. The van der Waals surface area contributed by atoms with Gasteiger partial charge in [0.25, 0.3) is 0 Å². The highest BCUT2D eigenvalue weighted by atomic mass is 35.5. The zero-order chi connectivity index (χ0) is 18.4. The second kappa shape index (κ2) is 6.46. The Balaban J connectivity index is 2.22. The average Bonchev–Trinajstić information content (AvgIpc) is 3.02. The standard InChI is InChI=1S/C16H11Cl2N3O2S2/c1-9-8-21-14(10(2)20-16(21)24-9)6-12(7-19)25(22,23)15-5-11(17)3-4-13(15)18/h3-6,8H,1-2H3/b12-6-. The Morgan fingerprint density at radius 2 is 2.08 bits per heavy atom. The molecule has 0 spiro atoms. The van der Waals surface area contributed by atoms with E-state index in [0.717, 1.165) is 9.84 Å². The van der Waals surface area contributed by atoms with Crippen molar-refractivity contribution in [3.05, 3.63) is 55.6 Å². The van der Waals surface area contributed by atoms with Crippen LogP contribution in [0.2, 0.25) is 10.0 Å². The first kappa shape index (κ1) is 18.0. The Morgan fingerprint density at radius 1 is 1.36 bits per heavy atom. The number of nitrogens with zero attached hydrogens (tertiary/aromatic N) is 3. The number of fused-ring (bicyclic) bond motifs is 1. The average molecular weight is 412 g/mol. The van der Waals surface area contributed by atoms with E-state index in [1.807, 2.05) is 13.1 Å². The van der Waals surface area contributed by atoms with Gasteiger partial charge in [-0.3, -0.25) is 4.40 Å². The SMILES string of the molecule is Cc1cn2c(/C=C(/C#N)S(=O)(=O)c3cc(Cl)ccc3Cl)c(C)nc2s1. The van der Waals surface area contributed by atoms with E-state index in [9.17, 15) is 13.7 Å². The van der Waals surface area contributed by atoms with E-state index in [0.29, 0.717) is 11.4 Å². The fourth-order valence-corrected chi connectivity index (χ4v) is 5.12.